The number of carboxylic acids is 1. The molecule has 1 heterocycles. The maximum absolute atomic E-state index is 13.5. The summed E-state index contributed by atoms with van der Waals surface area (Å²) in [5.74, 6) is -0.859. The van der Waals surface area contributed by atoms with Gasteiger partial charge in [0.25, 0.3) is 0 Å². The van der Waals surface area contributed by atoms with E-state index in [0.29, 0.717) is 10.6 Å². The van der Waals surface area contributed by atoms with Crippen LogP contribution in [0.5, 0.6) is 0 Å². The van der Waals surface area contributed by atoms with E-state index in [4.69, 9.17) is 5.11 Å². The van der Waals surface area contributed by atoms with Crippen LogP contribution in [-0.2, 0) is 5.75 Å². The Bertz CT molecular complexity index is 583. The Balaban J connectivity index is 2.13. The Hall–Kier alpha value is -1.40. The smallest absolute Gasteiger partial charge is 0.335 e. The number of hydrogen-bond acceptors (Lipinski definition) is 4. The van der Waals surface area contributed by atoms with E-state index in [2.05, 4.69) is 4.98 Å². The summed E-state index contributed by atoms with van der Waals surface area (Å²) < 4.78 is 13.5. The monoisotopic (exact) mass is 283 g/mol. The van der Waals surface area contributed by atoms with Crippen molar-refractivity contribution < 1.29 is 14.3 Å². The van der Waals surface area contributed by atoms with Crippen molar-refractivity contribution in [3.8, 4) is 0 Å². The van der Waals surface area contributed by atoms with Crippen molar-refractivity contribution in [1.82, 2.24) is 4.98 Å². The highest BCUT2D eigenvalue weighted by Crippen LogP contribution is 2.28. The third kappa shape index (κ3) is 3.08. The molecule has 3 nitrogen and oxygen atoms in total. The van der Waals surface area contributed by atoms with Crippen molar-refractivity contribution >= 4 is 29.1 Å². The molecular formula is C12H10FNO2S2. The number of hydrogen-bond donors (Lipinski definition) is 1. The van der Waals surface area contributed by atoms with Crippen LogP contribution in [0, 0.1) is 12.7 Å². The molecule has 0 saturated heterocycles. The largest absolute Gasteiger partial charge is 0.478 e. The molecule has 0 aliphatic rings. The first-order valence-corrected chi connectivity index (χ1v) is 6.93. The topological polar surface area (TPSA) is 50.2 Å². The summed E-state index contributed by atoms with van der Waals surface area (Å²) in [6.07, 6.45) is 1.76. The van der Waals surface area contributed by atoms with Crippen molar-refractivity contribution in [3.63, 3.8) is 0 Å². The first kappa shape index (κ1) is 13.0. The molecule has 1 N–H and O–H groups in total. The van der Waals surface area contributed by atoms with Crippen LogP contribution in [0.2, 0.25) is 0 Å². The number of thioether (sulfide) groups is 1. The van der Waals surface area contributed by atoms with Gasteiger partial charge in [0, 0.05) is 21.7 Å². The minimum absolute atomic E-state index is 0.0967. The fourth-order valence-corrected chi connectivity index (χ4v) is 3.16. The lowest BCUT2D eigenvalue weighted by atomic mass is 10.2. The molecule has 0 atom stereocenters. The van der Waals surface area contributed by atoms with Crippen LogP contribution in [-0.4, -0.2) is 16.1 Å². The number of aromatic carboxylic acids is 1. The number of aryl methyl sites for hydroxylation is 1. The molecule has 1 aromatic carbocycles. The minimum atomic E-state index is -1.05. The third-order valence-electron chi connectivity index (χ3n) is 2.22. The Morgan fingerprint density at radius 2 is 2.33 bits per heavy atom. The Morgan fingerprint density at radius 1 is 1.56 bits per heavy atom. The number of nitrogens with zero attached hydrogens (tertiary/aromatic N) is 1. The number of aromatic nitrogens is 1. The third-order valence-corrected chi connectivity index (χ3v) is 4.39. The van der Waals surface area contributed by atoms with Crippen LogP contribution < -0.4 is 0 Å². The van der Waals surface area contributed by atoms with E-state index in [1.54, 1.807) is 17.5 Å². The van der Waals surface area contributed by atoms with Crippen molar-refractivity contribution in [1.29, 1.82) is 0 Å². The van der Waals surface area contributed by atoms with Gasteiger partial charge < -0.3 is 5.11 Å². The molecule has 0 aliphatic carbocycles. The van der Waals surface area contributed by atoms with Crippen LogP contribution in [0.15, 0.2) is 29.3 Å². The van der Waals surface area contributed by atoms with Crippen LogP contribution >= 0.6 is 23.1 Å². The van der Waals surface area contributed by atoms with E-state index in [-0.39, 0.29) is 5.56 Å². The molecule has 0 unspecified atom stereocenters. The summed E-state index contributed by atoms with van der Waals surface area (Å²) in [6, 6.07) is 3.80. The van der Waals surface area contributed by atoms with Gasteiger partial charge in [-0.1, -0.05) is 0 Å². The molecule has 94 valence electrons. The van der Waals surface area contributed by atoms with Crippen LogP contribution in [0.25, 0.3) is 0 Å². The molecule has 0 saturated carbocycles. The summed E-state index contributed by atoms with van der Waals surface area (Å²) in [5, 5.41) is 9.81. The molecule has 0 aliphatic heterocycles. The standard InChI is InChI=1S/C12H10FNO2S2/c1-7-14-5-9(18-7)6-17-11-4-8(12(15)16)2-3-10(11)13/h2-5H,6H2,1H3,(H,15,16). The molecule has 2 aromatic rings. The lowest BCUT2D eigenvalue weighted by Crippen LogP contribution is -1.97. The highest BCUT2D eigenvalue weighted by Gasteiger charge is 2.09. The van der Waals surface area contributed by atoms with Crippen LogP contribution in [0.4, 0.5) is 4.39 Å². The zero-order valence-corrected chi connectivity index (χ0v) is 11.1. The predicted octanol–water partition coefficient (Wildman–Crippen LogP) is 3.58. The van der Waals surface area contributed by atoms with E-state index in [1.807, 2.05) is 6.92 Å². The van der Waals surface area contributed by atoms with E-state index in [1.165, 1.54) is 30.0 Å². The molecule has 1 aromatic heterocycles. The summed E-state index contributed by atoms with van der Waals surface area (Å²) >= 11 is 2.83. The molecule has 18 heavy (non-hydrogen) atoms. The highest BCUT2D eigenvalue weighted by atomic mass is 32.2. The molecular weight excluding hydrogens is 273 g/mol. The van der Waals surface area contributed by atoms with Crippen molar-refractivity contribution in [2.75, 3.05) is 0 Å². The van der Waals surface area contributed by atoms with E-state index >= 15 is 0 Å². The van der Waals surface area contributed by atoms with Gasteiger partial charge in [0.15, 0.2) is 0 Å². The second-order valence-electron chi connectivity index (χ2n) is 3.58. The molecule has 2 rings (SSSR count). The molecule has 0 spiro atoms. The summed E-state index contributed by atoms with van der Waals surface area (Å²) in [7, 11) is 0. The van der Waals surface area contributed by atoms with Gasteiger partial charge in [-0.05, 0) is 25.1 Å². The molecule has 0 bridgehead atoms. The Morgan fingerprint density at radius 3 is 2.94 bits per heavy atom. The van der Waals surface area contributed by atoms with Crippen LogP contribution in [0.1, 0.15) is 20.2 Å². The maximum Gasteiger partial charge on any atom is 0.335 e. The summed E-state index contributed by atoms with van der Waals surface area (Å²) in [4.78, 5) is 16.3. The van der Waals surface area contributed by atoms with Gasteiger partial charge in [-0.25, -0.2) is 14.2 Å². The number of benzene rings is 1. The molecule has 0 radical (unpaired) electrons. The van der Waals surface area contributed by atoms with E-state index in [9.17, 15) is 9.18 Å². The number of carbonyl (C=O) groups is 1. The fraction of sp³-hybridized carbons (Fsp3) is 0.167. The molecule has 6 heteroatoms. The summed E-state index contributed by atoms with van der Waals surface area (Å²) in [6.45, 7) is 1.91. The molecule has 0 amide bonds. The molecule has 0 fully saturated rings. The van der Waals surface area contributed by atoms with Gasteiger partial charge in [0.05, 0.1) is 10.6 Å². The normalized spacial score (nSPS) is 10.6. The van der Waals surface area contributed by atoms with Gasteiger partial charge in [0.2, 0.25) is 0 Å². The number of thiazole rings is 1. The first-order valence-electron chi connectivity index (χ1n) is 5.13. The van der Waals surface area contributed by atoms with Gasteiger partial charge in [0.1, 0.15) is 5.82 Å². The number of halogens is 1. The number of rotatable bonds is 4. The lowest BCUT2D eigenvalue weighted by Gasteiger charge is -2.03. The second-order valence-corrected chi connectivity index (χ2v) is 5.92. The fourth-order valence-electron chi connectivity index (χ4n) is 1.37. The average Bonchev–Trinajstić information content (AvgIpc) is 2.74. The lowest BCUT2D eigenvalue weighted by molar-refractivity contribution is 0.0696. The first-order chi connectivity index (χ1) is 8.56. The zero-order chi connectivity index (χ0) is 13.1. The van der Waals surface area contributed by atoms with Gasteiger partial charge >= 0.3 is 5.97 Å². The van der Waals surface area contributed by atoms with E-state index < -0.39 is 11.8 Å². The average molecular weight is 283 g/mol. The van der Waals surface area contributed by atoms with E-state index in [0.717, 1.165) is 9.88 Å². The van der Waals surface area contributed by atoms with Crippen LogP contribution in [0.3, 0.4) is 0 Å². The maximum atomic E-state index is 13.5. The quantitative estimate of drug-likeness (QED) is 0.871. The van der Waals surface area contributed by atoms with Gasteiger partial charge in [-0.2, -0.15) is 0 Å². The Labute approximate surface area is 112 Å². The predicted molar refractivity (Wildman–Crippen MR) is 69.8 cm³/mol. The van der Waals surface area contributed by atoms with Gasteiger partial charge in [-0.3, -0.25) is 0 Å². The summed E-state index contributed by atoms with van der Waals surface area (Å²) in [5.41, 5.74) is 0.0967. The van der Waals surface area contributed by atoms with Crippen molar-refractivity contribution in [3.05, 3.63) is 45.7 Å². The van der Waals surface area contributed by atoms with Gasteiger partial charge in [-0.15, -0.1) is 23.1 Å². The number of carboxylic acid groups (broad SMARTS) is 1. The van der Waals surface area contributed by atoms with Crippen molar-refractivity contribution in [2.45, 2.75) is 17.6 Å². The highest BCUT2D eigenvalue weighted by molar-refractivity contribution is 7.98. The van der Waals surface area contributed by atoms with Crippen molar-refractivity contribution in [2.24, 2.45) is 0 Å². The zero-order valence-electron chi connectivity index (χ0n) is 9.51. The second kappa shape index (κ2) is 5.49. The Kier molecular flexibility index (Phi) is 3.98. The SMILES string of the molecule is Cc1ncc(CSc2cc(C(=O)O)ccc2F)s1. The minimum Gasteiger partial charge on any atom is -0.478 e.